The molecule has 4 aromatic heterocycles. The third kappa shape index (κ3) is 13.6. The lowest BCUT2D eigenvalue weighted by Gasteiger charge is -2.34. The van der Waals surface area contributed by atoms with E-state index in [4.69, 9.17) is 34.1 Å². The van der Waals surface area contributed by atoms with Crippen molar-refractivity contribution < 1.29 is 19.0 Å². The highest BCUT2D eigenvalue weighted by Gasteiger charge is 2.30. The van der Waals surface area contributed by atoms with E-state index in [0.717, 1.165) is 123 Å². The van der Waals surface area contributed by atoms with Gasteiger partial charge in [0.15, 0.2) is 0 Å². The number of nitrogens with zero attached hydrogens (tertiary/aromatic N) is 9. The highest BCUT2D eigenvalue weighted by molar-refractivity contribution is 14.1. The Bertz CT molecular complexity index is 3230. The van der Waals surface area contributed by atoms with Gasteiger partial charge in [-0.3, -0.25) is 0 Å². The Hall–Kier alpha value is -6.25. The van der Waals surface area contributed by atoms with E-state index < -0.39 is 5.60 Å². The molecular formula is C59H64I2N10O4. The summed E-state index contributed by atoms with van der Waals surface area (Å²) in [4.78, 5) is 42.7. The van der Waals surface area contributed by atoms with Crippen LogP contribution in [0.2, 0.25) is 0 Å². The van der Waals surface area contributed by atoms with E-state index in [0.29, 0.717) is 25.1 Å². The van der Waals surface area contributed by atoms with Crippen molar-refractivity contribution in [2.45, 2.75) is 105 Å². The largest absolute Gasteiger partial charge is 0.444 e. The van der Waals surface area contributed by atoms with Crippen molar-refractivity contribution >= 4 is 51.3 Å². The van der Waals surface area contributed by atoms with Gasteiger partial charge < -0.3 is 33.6 Å². The number of carbonyl (C=O) groups is 1. The second-order valence-electron chi connectivity index (χ2n) is 20.1. The van der Waals surface area contributed by atoms with Crippen LogP contribution in [0.4, 0.5) is 4.79 Å². The van der Waals surface area contributed by atoms with Crippen LogP contribution in [0.25, 0.3) is 45.3 Å². The number of rotatable bonds is 12. The Balaban J connectivity index is 0.000000187. The number of nitrogens with one attached hydrogen (secondary N) is 1. The van der Waals surface area contributed by atoms with Crippen molar-refractivity contribution in [3.05, 3.63) is 152 Å². The first-order valence-electron chi connectivity index (χ1n) is 25.8. The zero-order valence-corrected chi connectivity index (χ0v) is 48.0. The molecule has 2 aliphatic rings. The molecule has 75 heavy (non-hydrogen) atoms. The van der Waals surface area contributed by atoms with E-state index in [1.54, 1.807) is 17.3 Å². The van der Waals surface area contributed by atoms with Gasteiger partial charge in [-0.1, -0.05) is 50.2 Å². The number of amides is 1. The zero-order valence-electron chi connectivity index (χ0n) is 43.7. The molecule has 1 amide bonds. The molecule has 10 rings (SSSR count). The average molecular weight is 1230 g/mol. The van der Waals surface area contributed by atoms with Gasteiger partial charge in [-0.05, 0) is 214 Å². The molecule has 0 saturated carbocycles. The van der Waals surface area contributed by atoms with Crippen LogP contribution in [0, 0.1) is 21.0 Å². The first-order valence-corrected chi connectivity index (χ1v) is 27.9. The van der Waals surface area contributed by atoms with Gasteiger partial charge in [0.1, 0.15) is 17.1 Å². The topological polar surface area (TPSA) is 147 Å². The number of ether oxygens (including phenoxy) is 3. The summed E-state index contributed by atoms with van der Waals surface area (Å²) < 4.78 is 24.7. The fourth-order valence-corrected chi connectivity index (χ4v) is 10.3. The molecule has 2 aliphatic heterocycles. The summed E-state index contributed by atoms with van der Waals surface area (Å²) in [7, 11) is 0. The zero-order chi connectivity index (χ0) is 52.6. The van der Waals surface area contributed by atoms with Crippen LogP contribution in [0.1, 0.15) is 94.6 Å². The minimum Gasteiger partial charge on any atom is -0.444 e. The second-order valence-corrected chi connectivity index (χ2v) is 22.6. The number of aryl methyl sites for hydroxylation is 4. The number of hydrogen-bond donors (Lipinski definition) is 1. The molecule has 2 fully saturated rings. The third-order valence-electron chi connectivity index (χ3n) is 13.2. The fraction of sp³-hybridized carbons (Fsp3) is 0.339. The highest BCUT2D eigenvalue weighted by atomic mass is 127. The SMILES string of the molecule is CCc1cc(C)cc(Oc2nccc(-c3c(-c4ccc(I)cc4)ncn3C3CCN(C(=O)OC(C)(C)C)CC3)n2)c1.CCc1cc(C)cc(Oc2nccc(-c3c(-c4ccc(I)cc4)ncn3C3CCNCC3)n2)c1. The summed E-state index contributed by atoms with van der Waals surface area (Å²) in [6.45, 7) is 17.3. The molecule has 2 saturated heterocycles. The van der Waals surface area contributed by atoms with Gasteiger partial charge in [-0.25, -0.2) is 24.7 Å². The molecule has 16 heteroatoms. The summed E-state index contributed by atoms with van der Waals surface area (Å²) in [5, 5.41) is 3.46. The van der Waals surface area contributed by atoms with E-state index in [1.807, 2.05) is 63.8 Å². The molecule has 0 spiro atoms. The van der Waals surface area contributed by atoms with Crippen LogP contribution in [0.5, 0.6) is 23.5 Å². The molecule has 0 radical (unpaired) electrons. The van der Waals surface area contributed by atoms with Crippen molar-refractivity contribution in [2.75, 3.05) is 26.2 Å². The number of halogens is 2. The number of piperidine rings is 2. The van der Waals surface area contributed by atoms with Gasteiger partial charge >= 0.3 is 18.1 Å². The van der Waals surface area contributed by atoms with E-state index >= 15 is 0 Å². The first-order chi connectivity index (χ1) is 36.2. The molecule has 388 valence electrons. The summed E-state index contributed by atoms with van der Waals surface area (Å²) in [6.07, 6.45) is 12.7. The Kier molecular flexibility index (Phi) is 17.3. The minimum absolute atomic E-state index is 0.150. The van der Waals surface area contributed by atoms with Gasteiger partial charge in [0.25, 0.3) is 0 Å². The maximum atomic E-state index is 12.7. The molecule has 0 aliphatic carbocycles. The van der Waals surface area contributed by atoms with E-state index in [2.05, 4.69) is 164 Å². The monoisotopic (exact) mass is 1230 g/mol. The molecular weight excluding hydrogens is 1170 g/mol. The Morgan fingerprint density at radius 1 is 0.613 bits per heavy atom. The number of aromatic nitrogens is 8. The molecule has 6 heterocycles. The van der Waals surface area contributed by atoms with Crippen LogP contribution in [-0.4, -0.2) is 81.8 Å². The Morgan fingerprint density at radius 3 is 1.48 bits per heavy atom. The van der Waals surface area contributed by atoms with Crippen LogP contribution in [-0.2, 0) is 17.6 Å². The second kappa shape index (κ2) is 24.2. The van der Waals surface area contributed by atoms with Crippen molar-refractivity contribution in [3.8, 4) is 68.8 Å². The summed E-state index contributed by atoms with van der Waals surface area (Å²) in [5.74, 6) is 1.48. The predicted molar refractivity (Wildman–Crippen MR) is 311 cm³/mol. The van der Waals surface area contributed by atoms with Crippen LogP contribution in [0.3, 0.4) is 0 Å². The Morgan fingerprint density at radius 2 is 1.05 bits per heavy atom. The smallest absolute Gasteiger partial charge is 0.410 e. The van der Waals surface area contributed by atoms with Crippen molar-refractivity contribution in [1.29, 1.82) is 0 Å². The molecule has 1 N–H and O–H groups in total. The standard InChI is InChI=1S/C32H36IN5O3.C27H28IN5O/c1-6-22-17-21(2)18-26(19-22)40-30-34-14-11-27(36-30)29-28(23-7-9-24(33)10-8-23)35-20-38(29)25-12-15-37(16-13-25)31(39)41-32(3,4)5;1-3-19-14-18(2)15-23(16-19)34-27-30-13-10-24(32-27)26-25(20-4-6-21(28)7-5-20)31-17-33(26)22-8-11-29-12-9-22/h7-11,14,17-20,25H,6,12-13,15-16H2,1-5H3;4-7,10,13-17,22,29H,3,8-9,11-12H2,1-2H3. The normalized spacial score (nSPS) is 14.3. The number of carbonyl (C=O) groups excluding carboxylic acids is 1. The summed E-state index contributed by atoms with van der Waals surface area (Å²) in [6, 6.07) is 34.2. The average Bonchev–Trinajstić information content (AvgIpc) is 4.05. The predicted octanol–water partition coefficient (Wildman–Crippen LogP) is 14.0. The quantitative estimate of drug-likeness (QED) is 0.117. The van der Waals surface area contributed by atoms with Gasteiger partial charge in [0, 0.05) is 55.8 Å². The van der Waals surface area contributed by atoms with Gasteiger partial charge in [0.05, 0.1) is 46.8 Å². The first kappa shape index (κ1) is 53.6. The molecule has 8 aromatic rings. The molecule has 0 unspecified atom stereocenters. The van der Waals surface area contributed by atoms with Crippen molar-refractivity contribution in [1.82, 2.24) is 49.3 Å². The minimum atomic E-state index is -0.517. The number of likely N-dealkylation sites (tertiary alicyclic amines) is 1. The highest BCUT2D eigenvalue weighted by Crippen LogP contribution is 2.38. The maximum absolute atomic E-state index is 12.7. The van der Waals surface area contributed by atoms with Crippen molar-refractivity contribution in [2.24, 2.45) is 0 Å². The lowest BCUT2D eigenvalue weighted by molar-refractivity contribution is 0.0189. The molecule has 0 bridgehead atoms. The molecule has 14 nitrogen and oxygen atoms in total. The van der Waals surface area contributed by atoms with Crippen LogP contribution in [0.15, 0.2) is 122 Å². The number of benzene rings is 4. The number of hydrogen-bond acceptors (Lipinski definition) is 11. The molecule has 0 atom stereocenters. The van der Waals surface area contributed by atoms with Gasteiger partial charge in [-0.15, -0.1) is 0 Å². The Labute approximate surface area is 467 Å². The van der Waals surface area contributed by atoms with Gasteiger partial charge in [-0.2, -0.15) is 9.97 Å². The molecule has 4 aromatic carbocycles. The van der Waals surface area contributed by atoms with Crippen LogP contribution >= 0.6 is 45.2 Å². The van der Waals surface area contributed by atoms with Crippen LogP contribution < -0.4 is 14.8 Å². The van der Waals surface area contributed by atoms with E-state index in [-0.39, 0.29) is 18.1 Å². The summed E-state index contributed by atoms with van der Waals surface area (Å²) >= 11 is 4.64. The lowest BCUT2D eigenvalue weighted by atomic mass is 10.0. The van der Waals surface area contributed by atoms with E-state index in [1.165, 1.54) is 14.7 Å². The summed E-state index contributed by atoms with van der Waals surface area (Å²) in [5.41, 5.74) is 11.6. The number of imidazole rings is 2. The third-order valence-corrected chi connectivity index (χ3v) is 14.7. The fourth-order valence-electron chi connectivity index (χ4n) is 9.59. The van der Waals surface area contributed by atoms with Crippen molar-refractivity contribution in [3.63, 3.8) is 0 Å². The lowest BCUT2D eigenvalue weighted by Crippen LogP contribution is -2.42. The maximum Gasteiger partial charge on any atom is 0.410 e. The van der Waals surface area contributed by atoms with Gasteiger partial charge in [0.2, 0.25) is 0 Å². The van der Waals surface area contributed by atoms with E-state index in [9.17, 15) is 4.79 Å².